The van der Waals surface area contributed by atoms with Crippen LogP contribution in [-0.4, -0.2) is 42.2 Å². The minimum atomic E-state index is -3.95. The number of nitro groups is 1. The number of carbonyl (C=O) groups is 1. The molecule has 26 heavy (non-hydrogen) atoms. The van der Waals surface area contributed by atoms with Crippen LogP contribution in [0.15, 0.2) is 17.0 Å². The fourth-order valence-electron chi connectivity index (χ4n) is 2.38. The van der Waals surface area contributed by atoms with Gasteiger partial charge in [0.1, 0.15) is 16.3 Å². The Balaban J connectivity index is 2.44. The first-order chi connectivity index (χ1) is 11.8. The average Bonchev–Trinajstić information content (AvgIpc) is 3.29. The smallest absolute Gasteiger partial charge is 0.410 e. The lowest BCUT2D eigenvalue weighted by Crippen LogP contribution is -2.34. The Morgan fingerprint density at radius 3 is 2.42 bits per heavy atom. The van der Waals surface area contributed by atoms with Gasteiger partial charge in [-0.15, -0.1) is 0 Å². The normalized spacial score (nSPS) is 14.8. The predicted octanol–water partition coefficient (Wildman–Crippen LogP) is 3.04. The maximum Gasteiger partial charge on any atom is 0.410 e. The summed E-state index contributed by atoms with van der Waals surface area (Å²) < 4.78 is 44.7. The van der Waals surface area contributed by atoms with Crippen molar-refractivity contribution in [2.24, 2.45) is 0 Å². The Hall–Kier alpha value is -2.23. The molecule has 0 radical (unpaired) electrons. The SMILES string of the molecule is CN(Cc1cc([N+](=O)[O-])cc(F)c1S(=O)(=O)C1CC1)C(=O)OC(C)(C)C. The predicted molar refractivity (Wildman–Crippen MR) is 91.0 cm³/mol. The number of sulfone groups is 1. The topological polar surface area (TPSA) is 107 Å². The standard InChI is InChI=1S/C16H21FN2O6S/c1-16(2,3)25-15(20)18(4)9-10-7-11(19(21)22)8-13(17)14(10)26(23,24)12-5-6-12/h7-8,12H,5-6,9H2,1-4H3. The van der Waals surface area contributed by atoms with Crippen molar-refractivity contribution in [2.75, 3.05) is 7.05 Å². The lowest BCUT2D eigenvalue weighted by atomic mass is 10.2. The van der Waals surface area contributed by atoms with E-state index in [0.29, 0.717) is 18.9 Å². The molecule has 1 saturated carbocycles. The Morgan fingerprint density at radius 2 is 1.96 bits per heavy atom. The van der Waals surface area contributed by atoms with Gasteiger partial charge < -0.3 is 9.64 Å². The fraction of sp³-hybridized carbons (Fsp3) is 0.562. The molecule has 0 saturated heterocycles. The van der Waals surface area contributed by atoms with E-state index < -0.39 is 48.1 Å². The van der Waals surface area contributed by atoms with Gasteiger partial charge in [-0.05, 0) is 33.6 Å². The van der Waals surface area contributed by atoms with Gasteiger partial charge in [0, 0.05) is 18.7 Å². The zero-order valence-corrected chi connectivity index (χ0v) is 15.8. The second kappa shape index (κ2) is 6.82. The number of hydrogen-bond donors (Lipinski definition) is 0. The van der Waals surface area contributed by atoms with E-state index in [-0.39, 0.29) is 12.1 Å². The number of hydrogen-bond acceptors (Lipinski definition) is 6. The maximum atomic E-state index is 14.5. The van der Waals surface area contributed by atoms with E-state index in [4.69, 9.17) is 4.74 Å². The molecule has 0 unspecified atom stereocenters. The van der Waals surface area contributed by atoms with Gasteiger partial charge in [0.25, 0.3) is 5.69 Å². The third kappa shape index (κ3) is 4.48. The number of rotatable bonds is 5. The van der Waals surface area contributed by atoms with Crippen LogP contribution in [-0.2, 0) is 21.1 Å². The van der Waals surface area contributed by atoms with Crippen LogP contribution >= 0.6 is 0 Å². The zero-order valence-electron chi connectivity index (χ0n) is 15.0. The third-order valence-electron chi connectivity index (χ3n) is 3.68. The molecule has 0 aliphatic heterocycles. The van der Waals surface area contributed by atoms with Crippen LogP contribution in [0.5, 0.6) is 0 Å². The van der Waals surface area contributed by atoms with Gasteiger partial charge in [0.15, 0.2) is 9.84 Å². The highest BCUT2D eigenvalue weighted by molar-refractivity contribution is 7.92. The van der Waals surface area contributed by atoms with Crippen molar-refractivity contribution in [3.05, 3.63) is 33.6 Å². The third-order valence-corrected chi connectivity index (χ3v) is 6.05. The van der Waals surface area contributed by atoms with Gasteiger partial charge in [-0.25, -0.2) is 17.6 Å². The van der Waals surface area contributed by atoms with Crippen molar-refractivity contribution in [2.45, 2.75) is 55.9 Å². The summed E-state index contributed by atoms with van der Waals surface area (Å²) in [6.45, 7) is 4.65. The molecule has 8 nitrogen and oxygen atoms in total. The molecule has 0 aromatic heterocycles. The van der Waals surface area contributed by atoms with E-state index >= 15 is 0 Å². The second-order valence-electron chi connectivity index (χ2n) is 7.25. The van der Waals surface area contributed by atoms with E-state index in [9.17, 15) is 27.7 Å². The summed E-state index contributed by atoms with van der Waals surface area (Å²) in [4.78, 5) is 22.8. The molecule has 1 aliphatic rings. The number of non-ortho nitro benzene ring substituents is 1. The first kappa shape index (κ1) is 20.1. The van der Waals surface area contributed by atoms with E-state index in [2.05, 4.69) is 0 Å². The zero-order chi connectivity index (χ0) is 19.9. The summed E-state index contributed by atoms with van der Waals surface area (Å²) in [7, 11) is -2.61. The number of nitrogens with zero attached hydrogens (tertiary/aromatic N) is 2. The summed E-state index contributed by atoms with van der Waals surface area (Å²) in [5, 5.41) is 10.3. The van der Waals surface area contributed by atoms with E-state index in [1.54, 1.807) is 20.8 Å². The molecule has 0 heterocycles. The fourth-order valence-corrected chi connectivity index (χ4v) is 4.29. The minimum Gasteiger partial charge on any atom is -0.444 e. The van der Waals surface area contributed by atoms with Gasteiger partial charge >= 0.3 is 6.09 Å². The quantitative estimate of drug-likeness (QED) is 0.567. The van der Waals surface area contributed by atoms with Crippen LogP contribution in [0.1, 0.15) is 39.2 Å². The summed E-state index contributed by atoms with van der Waals surface area (Å²) in [5.74, 6) is -1.18. The highest BCUT2D eigenvalue weighted by Crippen LogP contribution is 2.37. The molecular formula is C16H21FN2O6S. The molecule has 1 amide bonds. The van der Waals surface area contributed by atoms with Gasteiger partial charge in [0.05, 0.1) is 22.8 Å². The summed E-state index contributed by atoms with van der Waals surface area (Å²) >= 11 is 0. The Labute approximate surface area is 151 Å². The molecule has 1 fully saturated rings. The van der Waals surface area contributed by atoms with Crippen molar-refractivity contribution in [3.8, 4) is 0 Å². The van der Waals surface area contributed by atoms with Gasteiger partial charge in [-0.2, -0.15) is 0 Å². The van der Waals surface area contributed by atoms with Crippen molar-refractivity contribution in [3.63, 3.8) is 0 Å². The monoisotopic (exact) mass is 388 g/mol. The van der Waals surface area contributed by atoms with Crippen LogP contribution in [0, 0.1) is 15.9 Å². The van der Waals surface area contributed by atoms with E-state index in [1.165, 1.54) is 7.05 Å². The van der Waals surface area contributed by atoms with E-state index in [0.717, 1.165) is 11.0 Å². The van der Waals surface area contributed by atoms with Crippen LogP contribution in [0.3, 0.4) is 0 Å². The summed E-state index contributed by atoms with van der Waals surface area (Å²) in [5.41, 5.74) is -1.50. The van der Waals surface area contributed by atoms with Crippen LogP contribution < -0.4 is 0 Å². The summed E-state index contributed by atoms with van der Waals surface area (Å²) in [6, 6.07) is 1.57. The molecular weight excluding hydrogens is 367 g/mol. The van der Waals surface area contributed by atoms with Gasteiger partial charge in [-0.1, -0.05) is 0 Å². The van der Waals surface area contributed by atoms with Crippen LogP contribution in [0.4, 0.5) is 14.9 Å². The molecule has 144 valence electrons. The maximum absolute atomic E-state index is 14.5. The van der Waals surface area contributed by atoms with Gasteiger partial charge in [-0.3, -0.25) is 10.1 Å². The number of benzene rings is 1. The van der Waals surface area contributed by atoms with Crippen molar-refractivity contribution >= 4 is 21.6 Å². The highest BCUT2D eigenvalue weighted by Gasteiger charge is 2.41. The minimum absolute atomic E-state index is 0.142. The molecule has 0 atom stereocenters. The number of amides is 1. The molecule has 1 aromatic rings. The lowest BCUT2D eigenvalue weighted by Gasteiger charge is -2.25. The first-order valence-electron chi connectivity index (χ1n) is 7.98. The molecule has 0 bridgehead atoms. The summed E-state index contributed by atoms with van der Waals surface area (Å²) in [6.07, 6.45) is 0.0828. The number of nitro benzene ring substituents is 1. The largest absolute Gasteiger partial charge is 0.444 e. The molecule has 2 rings (SSSR count). The average molecular weight is 388 g/mol. The van der Waals surface area contributed by atoms with Crippen LogP contribution in [0.25, 0.3) is 0 Å². The lowest BCUT2D eigenvalue weighted by molar-refractivity contribution is -0.385. The Bertz CT molecular complexity index is 843. The molecule has 1 aromatic carbocycles. The van der Waals surface area contributed by atoms with E-state index in [1.807, 2.05) is 0 Å². The van der Waals surface area contributed by atoms with Crippen LogP contribution in [0.2, 0.25) is 0 Å². The number of ether oxygens (including phenoxy) is 1. The molecule has 1 aliphatic carbocycles. The second-order valence-corrected chi connectivity index (χ2v) is 9.42. The molecule has 10 heteroatoms. The number of carbonyl (C=O) groups excluding carboxylic acids is 1. The van der Waals surface area contributed by atoms with Crippen molar-refractivity contribution in [1.82, 2.24) is 4.90 Å². The van der Waals surface area contributed by atoms with Gasteiger partial charge in [0.2, 0.25) is 0 Å². The molecule has 0 spiro atoms. The molecule has 0 N–H and O–H groups in total. The first-order valence-corrected chi connectivity index (χ1v) is 9.52. The Kier molecular flexibility index (Phi) is 5.27. The van der Waals surface area contributed by atoms with Crippen molar-refractivity contribution in [1.29, 1.82) is 0 Å². The highest BCUT2D eigenvalue weighted by atomic mass is 32.2. The van der Waals surface area contributed by atoms with Crippen molar-refractivity contribution < 1.29 is 27.3 Å². The Morgan fingerprint density at radius 1 is 1.38 bits per heavy atom. The number of halogens is 1.